The molecule has 1 rings (SSSR count). The van der Waals surface area contributed by atoms with Gasteiger partial charge in [-0.15, -0.1) is 0 Å². The minimum Gasteiger partial charge on any atom is -0.484 e. The Morgan fingerprint density at radius 3 is 2.59 bits per heavy atom. The maximum atomic E-state index is 13.4. The van der Waals surface area contributed by atoms with Crippen molar-refractivity contribution in [3.63, 3.8) is 0 Å². The van der Waals surface area contributed by atoms with E-state index in [1.54, 1.807) is 6.07 Å². The molecule has 0 saturated carbocycles. The van der Waals surface area contributed by atoms with Gasteiger partial charge in [-0.1, -0.05) is 26.0 Å². The lowest BCUT2D eigenvalue weighted by Crippen LogP contribution is -2.22. The number of benzene rings is 1. The highest BCUT2D eigenvalue weighted by Crippen LogP contribution is 2.23. The van der Waals surface area contributed by atoms with Crippen molar-refractivity contribution in [3.05, 3.63) is 29.6 Å². The van der Waals surface area contributed by atoms with Crippen molar-refractivity contribution in [2.24, 2.45) is 0 Å². The van der Waals surface area contributed by atoms with Gasteiger partial charge < -0.3 is 10.1 Å². The Bertz CT molecular complexity index is 356. The lowest BCUT2D eigenvalue weighted by atomic mass is 10.2. The summed E-state index contributed by atoms with van der Waals surface area (Å²) >= 11 is 0. The van der Waals surface area contributed by atoms with Crippen LogP contribution in [0.15, 0.2) is 18.2 Å². The molecule has 0 unspecified atom stereocenters. The van der Waals surface area contributed by atoms with Gasteiger partial charge in [0.05, 0.1) is 0 Å². The van der Waals surface area contributed by atoms with Gasteiger partial charge in [-0.05, 0) is 6.07 Å². The fraction of sp³-hybridized carbons (Fsp3) is 0.500. The van der Waals surface area contributed by atoms with Crippen LogP contribution >= 0.6 is 0 Å². The molecule has 0 atom stereocenters. The molecule has 0 fully saturated rings. The average Bonchev–Trinajstić information content (AvgIpc) is 2.24. The SMILES string of the molecule is CC(C)NCc1cccc(F)c1OCC(F)F. The highest BCUT2D eigenvalue weighted by Gasteiger charge is 2.12. The van der Waals surface area contributed by atoms with Crippen LogP contribution in [0.3, 0.4) is 0 Å². The van der Waals surface area contributed by atoms with Crippen molar-refractivity contribution in [1.82, 2.24) is 5.32 Å². The van der Waals surface area contributed by atoms with Gasteiger partial charge in [0, 0.05) is 18.2 Å². The molecule has 0 heterocycles. The van der Waals surface area contributed by atoms with Gasteiger partial charge in [0.1, 0.15) is 6.61 Å². The predicted molar refractivity (Wildman–Crippen MR) is 59.9 cm³/mol. The van der Waals surface area contributed by atoms with E-state index >= 15 is 0 Å². The topological polar surface area (TPSA) is 21.3 Å². The summed E-state index contributed by atoms with van der Waals surface area (Å²) in [4.78, 5) is 0. The summed E-state index contributed by atoms with van der Waals surface area (Å²) < 4.78 is 42.3. The molecule has 0 bridgehead atoms. The molecule has 0 radical (unpaired) electrons. The molecule has 0 aliphatic heterocycles. The molecule has 0 spiro atoms. The molecule has 0 aliphatic rings. The van der Waals surface area contributed by atoms with E-state index < -0.39 is 18.8 Å². The Morgan fingerprint density at radius 2 is 2.00 bits per heavy atom. The molecule has 1 N–H and O–H groups in total. The minimum atomic E-state index is -2.61. The van der Waals surface area contributed by atoms with Gasteiger partial charge in [0.2, 0.25) is 0 Å². The van der Waals surface area contributed by atoms with E-state index in [1.165, 1.54) is 12.1 Å². The summed E-state index contributed by atoms with van der Waals surface area (Å²) in [6.45, 7) is 3.47. The molecular formula is C12H16F3NO. The monoisotopic (exact) mass is 247 g/mol. The molecule has 0 saturated heterocycles. The van der Waals surface area contributed by atoms with Gasteiger partial charge in [-0.3, -0.25) is 0 Å². The van der Waals surface area contributed by atoms with Crippen LogP contribution in [0.2, 0.25) is 0 Å². The molecule has 5 heteroatoms. The number of rotatable bonds is 6. The first-order chi connectivity index (χ1) is 8.00. The van der Waals surface area contributed by atoms with E-state index in [9.17, 15) is 13.2 Å². The highest BCUT2D eigenvalue weighted by molar-refractivity contribution is 5.34. The first-order valence-corrected chi connectivity index (χ1v) is 5.42. The molecule has 2 nitrogen and oxygen atoms in total. The van der Waals surface area contributed by atoms with Crippen LogP contribution in [-0.2, 0) is 6.54 Å². The summed E-state index contributed by atoms with van der Waals surface area (Å²) in [6.07, 6.45) is -2.61. The predicted octanol–water partition coefficient (Wildman–Crippen LogP) is 2.97. The number of nitrogens with one attached hydrogen (secondary N) is 1. The largest absolute Gasteiger partial charge is 0.484 e. The van der Waals surface area contributed by atoms with Crippen LogP contribution in [0.5, 0.6) is 5.75 Å². The third-order valence-corrected chi connectivity index (χ3v) is 2.10. The molecule has 96 valence electrons. The molecule has 0 aliphatic carbocycles. The number of hydrogen-bond acceptors (Lipinski definition) is 2. The maximum Gasteiger partial charge on any atom is 0.272 e. The number of hydrogen-bond donors (Lipinski definition) is 1. The number of halogens is 3. The zero-order chi connectivity index (χ0) is 12.8. The second-order valence-electron chi connectivity index (χ2n) is 3.97. The molecule has 1 aromatic carbocycles. The van der Waals surface area contributed by atoms with Crippen LogP contribution in [0.25, 0.3) is 0 Å². The quantitative estimate of drug-likeness (QED) is 0.834. The second-order valence-corrected chi connectivity index (χ2v) is 3.97. The van der Waals surface area contributed by atoms with Crippen molar-refractivity contribution in [3.8, 4) is 5.75 Å². The fourth-order valence-electron chi connectivity index (χ4n) is 1.31. The first-order valence-electron chi connectivity index (χ1n) is 5.42. The van der Waals surface area contributed by atoms with Crippen molar-refractivity contribution < 1.29 is 17.9 Å². The van der Waals surface area contributed by atoms with Crippen LogP contribution in [0, 0.1) is 5.82 Å². The van der Waals surface area contributed by atoms with Gasteiger partial charge in [-0.25, -0.2) is 13.2 Å². The van der Waals surface area contributed by atoms with E-state index in [0.717, 1.165) is 0 Å². The van der Waals surface area contributed by atoms with E-state index in [4.69, 9.17) is 4.74 Å². The summed E-state index contributed by atoms with van der Waals surface area (Å²) in [5.74, 6) is -0.713. The van der Waals surface area contributed by atoms with E-state index in [1.807, 2.05) is 13.8 Å². The van der Waals surface area contributed by atoms with Crippen LogP contribution in [-0.4, -0.2) is 19.1 Å². The molecule has 0 amide bonds. The second kappa shape index (κ2) is 6.49. The third-order valence-electron chi connectivity index (χ3n) is 2.10. The summed E-state index contributed by atoms with van der Waals surface area (Å²) in [5, 5.41) is 3.08. The Kier molecular flexibility index (Phi) is 5.28. The van der Waals surface area contributed by atoms with Gasteiger partial charge in [-0.2, -0.15) is 0 Å². The van der Waals surface area contributed by atoms with Crippen LogP contribution < -0.4 is 10.1 Å². The Labute approximate surface area is 98.8 Å². The minimum absolute atomic E-state index is 0.0963. The molecular weight excluding hydrogens is 231 g/mol. The third kappa shape index (κ3) is 4.65. The van der Waals surface area contributed by atoms with Crippen molar-refractivity contribution in [1.29, 1.82) is 0 Å². The van der Waals surface area contributed by atoms with Crippen LogP contribution in [0.4, 0.5) is 13.2 Å². The molecule has 17 heavy (non-hydrogen) atoms. The Balaban J connectivity index is 2.76. The van der Waals surface area contributed by atoms with E-state index in [0.29, 0.717) is 12.1 Å². The van der Waals surface area contributed by atoms with Gasteiger partial charge in [0.25, 0.3) is 6.43 Å². The maximum absolute atomic E-state index is 13.4. The highest BCUT2D eigenvalue weighted by atomic mass is 19.3. The zero-order valence-electron chi connectivity index (χ0n) is 9.84. The smallest absolute Gasteiger partial charge is 0.272 e. The molecule has 1 aromatic rings. The van der Waals surface area contributed by atoms with E-state index in [2.05, 4.69) is 5.32 Å². The standard InChI is InChI=1S/C12H16F3NO/c1-8(2)16-6-9-4-3-5-10(13)12(9)17-7-11(14)15/h3-5,8,11,16H,6-7H2,1-2H3. The van der Waals surface area contributed by atoms with Gasteiger partial charge >= 0.3 is 0 Å². The summed E-state index contributed by atoms with van der Waals surface area (Å²) in [5.41, 5.74) is 0.541. The van der Waals surface area contributed by atoms with Gasteiger partial charge in [0.15, 0.2) is 11.6 Å². The lowest BCUT2D eigenvalue weighted by molar-refractivity contribution is 0.0793. The number of alkyl halides is 2. The fourth-order valence-corrected chi connectivity index (χ4v) is 1.31. The lowest BCUT2D eigenvalue weighted by Gasteiger charge is -2.14. The normalized spacial score (nSPS) is 11.2. The van der Waals surface area contributed by atoms with Crippen LogP contribution in [0.1, 0.15) is 19.4 Å². The Morgan fingerprint density at radius 1 is 1.29 bits per heavy atom. The number of ether oxygens (including phenoxy) is 1. The Hall–Kier alpha value is -1.23. The van der Waals surface area contributed by atoms with Crippen molar-refractivity contribution in [2.75, 3.05) is 6.61 Å². The number of para-hydroxylation sites is 1. The van der Waals surface area contributed by atoms with Crippen molar-refractivity contribution in [2.45, 2.75) is 32.9 Å². The molecule has 0 aromatic heterocycles. The van der Waals surface area contributed by atoms with Crippen molar-refractivity contribution >= 4 is 0 Å². The van der Waals surface area contributed by atoms with E-state index in [-0.39, 0.29) is 11.8 Å². The average molecular weight is 247 g/mol. The first kappa shape index (κ1) is 13.8. The summed E-state index contributed by atoms with van der Waals surface area (Å²) in [6, 6.07) is 4.60. The summed E-state index contributed by atoms with van der Waals surface area (Å²) in [7, 11) is 0. The zero-order valence-corrected chi connectivity index (χ0v) is 9.84.